The minimum Gasteiger partial charge on any atom is -0.491 e. The van der Waals surface area contributed by atoms with Crippen LogP contribution in [0.3, 0.4) is 0 Å². The summed E-state index contributed by atoms with van der Waals surface area (Å²) in [4.78, 5) is 19.0. The third-order valence-electron chi connectivity index (χ3n) is 5.73. The van der Waals surface area contributed by atoms with E-state index in [0.717, 1.165) is 12.2 Å². The van der Waals surface area contributed by atoms with Gasteiger partial charge in [0.15, 0.2) is 0 Å². The van der Waals surface area contributed by atoms with Crippen LogP contribution >= 0.6 is 0 Å². The lowest BCUT2D eigenvalue weighted by molar-refractivity contribution is -0.0848. The highest BCUT2D eigenvalue weighted by atomic mass is 16.6. The Morgan fingerprint density at radius 2 is 1.86 bits per heavy atom. The Morgan fingerprint density at radius 3 is 2.48 bits per heavy atom. The minimum atomic E-state index is -0.742. The van der Waals surface area contributed by atoms with Crippen molar-refractivity contribution in [2.24, 2.45) is 5.92 Å². The number of carbonyl (C=O) groups is 1. The quantitative estimate of drug-likeness (QED) is 0.677. The van der Waals surface area contributed by atoms with Crippen molar-refractivity contribution in [2.45, 2.75) is 96.6 Å². The van der Waals surface area contributed by atoms with Crippen molar-refractivity contribution in [3.05, 3.63) is 24.5 Å². The van der Waals surface area contributed by atoms with Crippen LogP contribution in [0.1, 0.15) is 73.1 Å². The molecular formula is C23H36N2O4. The molecule has 1 aromatic rings. The summed E-state index contributed by atoms with van der Waals surface area (Å²) in [6.45, 7) is 9.97. The summed E-state index contributed by atoms with van der Waals surface area (Å²) in [6, 6.07) is 3.61. The lowest BCUT2D eigenvalue weighted by atomic mass is 9.83. The average molecular weight is 405 g/mol. The molecule has 6 heteroatoms. The largest absolute Gasteiger partial charge is 0.491 e. The van der Waals surface area contributed by atoms with Crippen molar-refractivity contribution in [2.75, 3.05) is 6.61 Å². The number of pyridine rings is 1. The molecule has 1 saturated heterocycles. The van der Waals surface area contributed by atoms with Gasteiger partial charge in [-0.05, 0) is 59.1 Å². The zero-order valence-electron chi connectivity index (χ0n) is 18.5. The maximum atomic E-state index is 13.1. The van der Waals surface area contributed by atoms with E-state index < -0.39 is 11.3 Å². The fraction of sp³-hybridized carbons (Fsp3) is 0.739. The second kappa shape index (κ2) is 8.90. The molecule has 6 nitrogen and oxygen atoms in total. The maximum Gasteiger partial charge on any atom is 0.412 e. The highest BCUT2D eigenvalue weighted by Gasteiger charge is 2.51. The number of hydrogen-bond acceptors (Lipinski definition) is 5. The standard InChI is InChI=1S/C23H36N2O4/c1-22(2,3)29-21(26)25-19(15-17-9-7-6-8-10-17)20(28-23(25,4)5)16-27-18-11-13-24-14-12-18/h11-14,17,19-20H,6-10,15-16H2,1-5H3/t19-,20-/m0/s1. The summed E-state index contributed by atoms with van der Waals surface area (Å²) in [5.41, 5.74) is -1.29. The molecule has 2 atom stereocenters. The van der Waals surface area contributed by atoms with Crippen molar-refractivity contribution >= 4 is 6.09 Å². The van der Waals surface area contributed by atoms with Gasteiger partial charge in [0.25, 0.3) is 0 Å². The number of aromatic nitrogens is 1. The Labute approximate surface area is 174 Å². The molecule has 1 aliphatic carbocycles. The van der Waals surface area contributed by atoms with Crippen LogP contribution in [0.4, 0.5) is 4.79 Å². The van der Waals surface area contributed by atoms with Crippen LogP contribution in [0, 0.1) is 5.92 Å². The number of hydrogen-bond donors (Lipinski definition) is 0. The van der Waals surface area contributed by atoms with Crippen LogP contribution in [0.15, 0.2) is 24.5 Å². The molecule has 0 unspecified atom stereocenters. The predicted octanol–water partition coefficient (Wildman–Crippen LogP) is 5.17. The molecule has 1 aromatic heterocycles. The summed E-state index contributed by atoms with van der Waals surface area (Å²) in [7, 11) is 0. The van der Waals surface area contributed by atoms with Crippen molar-refractivity contribution in [1.29, 1.82) is 0 Å². The molecule has 162 valence electrons. The van der Waals surface area contributed by atoms with Crippen molar-refractivity contribution in [3.63, 3.8) is 0 Å². The fourth-order valence-corrected chi connectivity index (χ4v) is 4.52. The zero-order chi connectivity index (χ0) is 21.1. The summed E-state index contributed by atoms with van der Waals surface area (Å²) >= 11 is 0. The Kier molecular flexibility index (Phi) is 6.72. The van der Waals surface area contributed by atoms with Gasteiger partial charge in [-0.1, -0.05) is 32.1 Å². The van der Waals surface area contributed by atoms with E-state index in [1.165, 1.54) is 32.1 Å². The van der Waals surface area contributed by atoms with Crippen LogP contribution in [0.25, 0.3) is 0 Å². The van der Waals surface area contributed by atoms with Gasteiger partial charge in [0.2, 0.25) is 0 Å². The number of rotatable bonds is 5. The third-order valence-corrected chi connectivity index (χ3v) is 5.73. The first-order valence-electron chi connectivity index (χ1n) is 10.9. The Balaban J connectivity index is 1.78. The lowest BCUT2D eigenvalue weighted by Crippen LogP contribution is -2.51. The second-order valence-corrected chi connectivity index (χ2v) is 9.75. The summed E-state index contributed by atoms with van der Waals surface area (Å²) in [6.07, 6.45) is 10.1. The van der Waals surface area contributed by atoms with Crippen molar-refractivity contribution < 1.29 is 19.0 Å². The Morgan fingerprint density at radius 1 is 1.21 bits per heavy atom. The normalized spacial score (nSPS) is 25.1. The fourth-order valence-electron chi connectivity index (χ4n) is 4.52. The zero-order valence-corrected chi connectivity index (χ0v) is 18.5. The van der Waals surface area contributed by atoms with Gasteiger partial charge in [-0.15, -0.1) is 0 Å². The maximum absolute atomic E-state index is 13.1. The Hall–Kier alpha value is -1.82. The molecule has 29 heavy (non-hydrogen) atoms. The van der Waals surface area contributed by atoms with Gasteiger partial charge in [-0.3, -0.25) is 9.88 Å². The van der Waals surface area contributed by atoms with Crippen LogP contribution < -0.4 is 4.74 Å². The van der Waals surface area contributed by atoms with Gasteiger partial charge in [-0.25, -0.2) is 4.79 Å². The minimum absolute atomic E-state index is 0.0650. The summed E-state index contributed by atoms with van der Waals surface area (Å²) < 4.78 is 18.1. The molecule has 2 aliphatic rings. The highest BCUT2D eigenvalue weighted by Crippen LogP contribution is 2.39. The molecule has 1 aliphatic heterocycles. The number of carbonyl (C=O) groups excluding carboxylic acids is 1. The first-order valence-corrected chi connectivity index (χ1v) is 10.9. The SMILES string of the molecule is CC(C)(C)OC(=O)N1[C@@H](CC2CCCCC2)[C@H](COc2ccncc2)OC1(C)C. The molecule has 1 amide bonds. The molecule has 1 saturated carbocycles. The predicted molar refractivity (Wildman–Crippen MR) is 112 cm³/mol. The van der Waals surface area contributed by atoms with E-state index in [9.17, 15) is 4.79 Å². The van der Waals surface area contributed by atoms with Gasteiger partial charge in [0, 0.05) is 12.4 Å². The number of nitrogens with zero attached hydrogens (tertiary/aromatic N) is 2. The van der Waals surface area contributed by atoms with Gasteiger partial charge in [-0.2, -0.15) is 0 Å². The van der Waals surface area contributed by atoms with Crippen molar-refractivity contribution in [1.82, 2.24) is 9.88 Å². The molecular weight excluding hydrogens is 368 g/mol. The van der Waals surface area contributed by atoms with E-state index in [-0.39, 0.29) is 18.2 Å². The van der Waals surface area contributed by atoms with E-state index in [1.807, 2.05) is 51.7 Å². The van der Waals surface area contributed by atoms with Gasteiger partial charge in [0.1, 0.15) is 29.8 Å². The van der Waals surface area contributed by atoms with Gasteiger partial charge >= 0.3 is 6.09 Å². The van der Waals surface area contributed by atoms with E-state index in [1.54, 1.807) is 12.4 Å². The average Bonchev–Trinajstić information content (AvgIpc) is 2.90. The topological polar surface area (TPSA) is 60.9 Å². The second-order valence-electron chi connectivity index (χ2n) is 9.75. The van der Waals surface area contributed by atoms with E-state index in [4.69, 9.17) is 14.2 Å². The molecule has 0 bridgehead atoms. The highest BCUT2D eigenvalue weighted by molar-refractivity contribution is 5.70. The van der Waals surface area contributed by atoms with Crippen LogP contribution in [-0.2, 0) is 9.47 Å². The third kappa shape index (κ3) is 5.84. The number of amides is 1. The molecule has 0 spiro atoms. The van der Waals surface area contributed by atoms with Crippen LogP contribution in [0.2, 0.25) is 0 Å². The molecule has 0 N–H and O–H groups in total. The van der Waals surface area contributed by atoms with Crippen LogP contribution in [-0.4, -0.2) is 46.1 Å². The van der Waals surface area contributed by atoms with Crippen molar-refractivity contribution in [3.8, 4) is 5.75 Å². The Bertz CT molecular complexity index is 665. The molecule has 0 aromatic carbocycles. The molecule has 2 heterocycles. The van der Waals surface area contributed by atoms with Crippen LogP contribution in [0.5, 0.6) is 5.75 Å². The summed E-state index contributed by atoms with van der Waals surface area (Å²) in [5.74, 6) is 1.37. The van der Waals surface area contributed by atoms with E-state index in [0.29, 0.717) is 12.5 Å². The summed E-state index contributed by atoms with van der Waals surface area (Å²) in [5, 5.41) is 0. The van der Waals surface area contributed by atoms with E-state index in [2.05, 4.69) is 4.98 Å². The first kappa shape index (κ1) is 21.9. The van der Waals surface area contributed by atoms with Gasteiger partial charge < -0.3 is 14.2 Å². The molecule has 2 fully saturated rings. The molecule has 3 rings (SSSR count). The molecule has 0 radical (unpaired) electrons. The van der Waals surface area contributed by atoms with E-state index >= 15 is 0 Å². The monoisotopic (exact) mass is 404 g/mol. The lowest BCUT2D eigenvalue weighted by Gasteiger charge is -2.36. The number of ether oxygens (including phenoxy) is 3. The smallest absolute Gasteiger partial charge is 0.412 e. The van der Waals surface area contributed by atoms with Gasteiger partial charge in [0.05, 0.1) is 6.04 Å². The first-order chi connectivity index (χ1) is 13.7.